The molecule has 128 valence electrons. The summed E-state index contributed by atoms with van der Waals surface area (Å²) in [5.41, 5.74) is 1.31. The molecule has 0 aliphatic heterocycles. The first kappa shape index (κ1) is 17.9. The molecule has 0 saturated heterocycles. The van der Waals surface area contributed by atoms with Gasteiger partial charge in [0.1, 0.15) is 0 Å². The number of nitrogens with zero attached hydrogens (tertiary/aromatic N) is 1. The summed E-state index contributed by atoms with van der Waals surface area (Å²) >= 11 is 0. The van der Waals surface area contributed by atoms with Crippen molar-refractivity contribution in [3.63, 3.8) is 0 Å². The molecule has 0 fully saturated rings. The number of aromatic amines is 1. The van der Waals surface area contributed by atoms with E-state index in [1.165, 1.54) is 12.4 Å². The highest BCUT2D eigenvalue weighted by atomic mass is 16.3. The van der Waals surface area contributed by atoms with Crippen LogP contribution < -0.4 is 10.9 Å². The maximum atomic E-state index is 12.2. The minimum absolute atomic E-state index is 0.162. The van der Waals surface area contributed by atoms with Gasteiger partial charge in [0.25, 0.3) is 11.5 Å². The van der Waals surface area contributed by atoms with Crippen LogP contribution >= 0.6 is 0 Å². The van der Waals surface area contributed by atoms with E-state index in [0.717, 1.165) is 5.56 Å². The van der Waals surface area contributed by atoms with E-state index in [1.807, 2.05) is 18.2 Å². The van der Waals surface area contributed by atoms with Crippen LogP contribution in [0.5, 0.6) is 0 Å². The third-order valence-corrected chi connectivity index (χ3v) is 3.62. The predicted octanol–water partition coefficient (Wildman–Crippen LogP) is 1.45. The second-order valence-electron chi connectivity index (χ2n) is 6.42. The molecule has 1 heterocycles. The SMILES string of the molecule is CC(C)(O)CCc1cccc(C(=O)NCCc2cc(=O)[nH]cn2)c1. The van der Waals surface area contributed by atoms with Gasteiger partial charge in [-0.1, -0.05) is 12.1 Å². The Bertz CT molecular complexity index is 747. The molecule has 0 aliphatic carbocycles. The molecule has 6 nitrogen and oxygen atoms in total. The van der Waals surface area contributed by atoms with E-state index >= 15 is 0 Å². The Kier molecular flexibility index (Phi) is 5.87. The molecule has 0 atom stereocenters. The number of benzene rings is 1. The predicted molar refractivity (Wildman–Crippen MR) is 92.0 cm³/mol. The van der Waals surface area contributed by atoms with E-state index < -0.39 is 5.60 Å². The summed E-state index contributed by atoms with van der Waals surface area (Å²) in [4.78, 5) is 29.9. The average Bonchev–Trinajstić information content (AvgIpc) is 2.52. The number of hydrogen-bond acceptors (Lipinski definition) is 4. The Balaban J connectivity index is 1.89. The molecule has 0 aliphatic rings. The van der Waals surface area contributed by atoms with E-state index in [4.69, 9.17) is 0 Å². The Morgan fingerprint density at radius 1 is 1.29 bits per heavy atom. The van der Waals surface area contributed by atoms with Crippen molar-refractivity contribution in [1.29, 1.82) is 0 Å². The molecular formula is C18H23N3O3. The van der Waals surface area contributed by atoms with Crippen molar-refractivity contribution in [1.82, 2.24) is 15.3 Å². The van der Waals surface area contributed by atoms with Gasteiger partial charge in [0.05, 0.1) is 11.9 Å². The number of hydrogen-bond donors (Lipinski definition) is 3. The van der Waals surface area contributed by atoms with Gasteiger partial charge in [0.2, 0.25) is 0 Å². The topological polar surface area (TPSA) is 95.1 Å². The van der Waals surface area contributed by atoms with Gasteiger partial charge in [-0.2, -0.15) is 0 Å². The van der Waals surface area contributed by atoms with Gasteiger partial charge in [-0.25, -0.2) is 4.98 Å². The van der Waals surface area contributed by atoms with Crippen molar-refractivity contribution in [3.8, 4) is 0 Å². The zero-order valence-electron chi connectivity index (χ0n) is 14.0. The molecule has 1 aromatic heterocycles. The molecule has 0 saturated carbocycles. The largest absolute Gasteiger partial charge is 0.390 e. The molecule has 6 heteroatoms. The zero-order valence-corrected chi connectivity index (χ0v) is 14.0. The van der Waals surface area contributed by atoms with Gasteiger partial charge in [0.15, 0.2) is 0 Å². The lowest BCUT2D eigenvalue weighted by Crippen LogP contribution is -2.26. The first-order valence-corrected chi connectivity index (χ1v) is 7.97. The second-order valence-corrected chi connectivity index (χ2v) is 6.42. The number of H-pyrrole nitrogens is 1. The number of aromatic nitrogens is 2. The standard InChI is InChI=1S/C18H23N3O3/c1-18(2,24)8-6-13-4-3-5-14(10-13)17(23)19-9-7-15-11-16(22)21-12-20-15/h3-5,10-12,24H,6-9H2,1-2H3,(H,19,23)(H,20,21,22). The van der Waals surface area contributed by atoms with Gasteiger partial charge in [-0.15, -0.1) is 0 Å². The summed E-state index contributed by atoms with van der Waals surface area (Å²) in [6.45, 7) is 3.95. The Hall–Kier alpha value is -2.47. The number of aliphatic hydroxyl groups is 1. The summed E-state index contributed by atoms with van der Waals surface area (Å²) in [6, 6.07) is 8.81. The van der Waals surface area contributed by atoms with Crippen LogP contribution in [0.3, 0.4) is 0 Å². The normalized spacial score (nSPS) is 11.3. The second kappa shape index (κ2) is 7.88. The van der Waals surface area contributed by atoms with Crippen molar-refractivity contribution >= 4 is 5.91 Å². The van der Waals surface area contributed by atoms with E-state index in [2.05, 4.69) is 15.3 Å². The lowest BCUT2D eigenvalue weighted by molar-refractivity contribution is 0.0714. The number of aryl methyl sites for hydroxylation is 1. The Morgan fingerprint density at radius 2 is 2.08 bits per heavy atom. The monoisotopic (exact) mass is 329 g/mol. The smallest absolute Gasteiger partial charge is 0.251 e. The molecule has 1 amide bonds. The summed E-state index contributed by atoms with van der Waals surface area (Å²) in [5, 5.41) is 12.6. The third kappa shape index (κ3) is 5.96. The van der Waals surface area contributed by atoms with Crippen LogP contribution in [0.15, 0.2) is 41.5 Å². The lowest BCUT2D eigenvalue weighted by Gasteiger charge is -2.16. The van der Waals surface area contributed by atoms with Crippen LogP contribution in [0.25, 0.3) is 0 Å². The van der Waals surface area contributed by atoms with E-state index in [-0.39, 0.29) is 11.5 Å². The molecule has 3 N–H and O–H groups in total. The minimum atomic E-state index is -0.723. The highest BCUT2D eigenvalue weighted by Crippen LogP contribution is 2.14. The summed E-state index contributed by atoms with van der Waals surface area (Å²) < 4.78 is 0. The average molecular weight is 329 g/mol. The van der Waals surface area contributed by atoms with Gasteiger partial charge in [-0.3, -0.25) is 9.59 Å². The molecule has 0 radical (unpaired) electrons. The number of rotatable bonds is 7. The molecule has 2 aromatic rings. The van der Waals surface area contributed by atoms with Crippen LogP contribution in [0.4, 0.5) is 0 Å². The fourth-order valence-electron chi connectivity index (χ4n) is 2.27. The van der Waals surface area contributed by atoms with Gasteiger partial charge in [0, 0.05) is 30.3 Å². The summed E-state index contributed by atoms with van der Waals surface area (Å²) in [6.07, 6.45) is 3.19. The fourth-order valence-corrected chi connectivity index (χ4v) is 2.27. The van der Waals surface area contributed by atoms with Crippen molar-refractivity contribution in [2.24, 2.45) is 0 Å². The molecule has 2 rings (SSSR count). The quantitative estimate of drug-likeness (QED) is 0.716. The van der Waals surface area contributed by atoms with Crippen LogP contribution in [0.1, 0.15) is 41.9 Å². The molecule has 0 bridgehead atoms. The minimum Gasteiger partial charge on any atom is -0.390 e. The van der Waals surface area contributed by atoms with Crippen LogP contribution in [0, 0.1) is 0 Å². The van der Waals surface area contributed by atoms with E-state index in [0.29, 0.717) is 37.1 Å². The number of nitrogens with one attached hydrogen (secondary N) is 2. The van der Waals surface area contributed by atoms with Gasteiger partial charge in [-0.05, 0) is 44.4 Å². The van der Waals surface area contributed by atoms with Crippen molar-refractivity contribution < 1.29 is 9.90 Å². The number of carbonyl (C=O) groups is 1. The summed E-state index contributed by atoms with van der Waals surface area (Å²) in [7, 11) is 0. The van der Waals surface area contributed by atoms with Gasteiger partial charge >= 0.3 is 0 Å². The highest BCUT2D eigenvalue weighted by molar-refractivity contribution is 5.94. The highest BCUT2D eigenvalue weighted by Gasteiger charge is 2.13. The zero-order chi connectivity index (χ0) is 17.6. The summed E-state index contributed by atoms with van der Waals surface area (Å²) in [5.74, 6) is -0.162. The Morgan fingerprint density at radius 3 is 2.79 bits per heavy atom. The van der Waals surface area contributed by atoms with E-state index in [9.17, 15) is 14.7 Å². The van der Waals surface area contributed by atoms with Crippen molar-refractivity contribution in [3.05, 3.63) is 63.8 Å². The first-order valence-electron chi connectivity index (χ1n) is 7.97. The lowest BCUT2D eigenvalue weighted by atomic mass is 9.98. The van der Waals surface area contributed by atoms with Gasteiger partial charge < -0.3 is 15.4 Å². The van der Waals surface area contributed by atoms with E-state index in [1.54, 1.807) is 19.9 Å². The fraction of sp³-hybridized carbons (Fsp3) is 0.389. The third-order valence-electron chi connectivity index (χ3n) is 3.62. The Labute approximate surface area is 141 Å². The van der Waals surface area contributed by atoms with Crippen molar-refractivity contribution in [2.75, 3.05) is 6.54 Å². The first-order chi connectivity index (χ1) is 11.3. The maximum Gasteiger partial charge on any atom is 0.251 e. The molecule has 1 aromatic carbocycles. The molecular weight excluding hydrogens is 306 g/mol. The van der Waals surface area contributed by atoms with Crippen LogP contribution in [0.2, 0.25) is 0 Å². The number of amides is 1. The molecule has 24 heavy (non-hydrogen) atoms. The van der Waals surface area contributed by atoms with Crippen LogP contribution in [-0.4, -0.2) is 33.1 Å². The van der Waals surface area contributed by atoms with Crippen molar-refractivity contribution in [2.45, 2.75) is 38.7 Å². The molecule has 0 spiro atoms. The molecule has 0 unspecified atom stereocenters. The number of carbonyl (C=O) groups excluding carboxylic acids is 1. The maximum absolute atomic E-state index is 12.2. The van der Waals surface area contributed by atoms with Crippen LogP contribution in [-0.2, 0) is 12.8 Å².